The molecule has 5 rings (SSSR count). The maximum atomic E-state index is 13.5. The quantitative estimate of drug-likeness (QED) is 0.181. The lowest BCUT2D eigenvalue weighted by atomic mass is 9.91. The van der Waals surface area contributed by atoms with Gasteiger partial charge in [-0.05, 0) is 68.5 Å². The van der Waals surface area contributed by atoms with Gasteiger partial charge in [0, 0.05) is 11.0 Å². The van der Waals surface area contributed by atoms with Crippen LogP contribution in [-0.4, -0.2) is 30.4 Å². The summed E-state index contributed by atoms with van der Waals surface area (Å²) in [6, 6.07) is 19.9. The van der Waals surface area contributed by atoms with Crippen LogP contribution in [0.1, 0.15) is 49.9 Å². The summed E-state index contributed by atoms with van der Waals surface area (Å²) in [4.78, 5) is 26.2. The second kappa shape index (κ2) is 11.9. The first-order valence-electron chi connectivity index (χ1n) is 14.0. The molecular weight excluding hydrogens is 561 g/mol. The van der Waals surface area contributed by atoms with Crippen molar-refractivity contribution in [1.29, 1.82) is 0 Å². The maximum Gasteiger partial charge on any atom is 0.419 e. The number of rotatable bonds is 9. The molecule has 0 spiro atoms. The average molecular weight is 593 g/mol. The number of carbonyl (C=O) groups is 2. The van der Waals surface area contributed by atoms with E-state index in [0.717, 1.165) is 46.6 Å². The highest BCUT2D eigenvalue weighted by Gasteiger charge is 2.46. The highest BCUT2D eigenvalue weighted by atomic mass is 19.4. The van der Waals surface area contributed by atoms with Crippen molar-refractivity contribution in [3.05, 3.63) is 89.6 Å². The third kappa shape index (κ3) is 6.28. The number of carbonyl (C=O) groups excluding carboxylic acids is 2. The SMILES string of the molecule is CCOC(=O)CC1(c2ccc(-c3ccc(-c4onc(C)c4N(C(=O)OCC)c4cccc(C(F)(F)F)c4)cc3)cc2)CC1. The average Bonchev–Trinajstić information content (AvgIpc) is 3.67. The third-order valence-electron chi connectivity index (χ3n) is 7.56. The molecule has 0 radical (unpaired) electrons. The second-order valence-electron chi connectivity index (χ2n) is 10.4. The first kappa shape index (κ1) is 29.9. The number of hydrogen-bond acceptors (Lipinski definition) is 6. The third-order valence-corrected chi connectivity index (χ3v) is 7.56. The Morgan fingerprint density at radius 1 is 0.907 bits per heavy atom. The van der Waals surface area contributed by atoms with E-state index >= 15 is 0 Å². The van der Waals surface area contributed by atoms with Crippen LogP contribution in [0, 0.1) is 6.92 Å². The van der Waals surface area contributed by atoms with E-state index in [1.54, 1.807) is 32.9 Å². The molecule has 224 valence electrons. The molecule has 0 atom stereocenters. The lowest BCUT2D eigenvalue weighted by Gasteiger charge is -2.23. The predicted octanol–water partition coefficient (Wildman–Crippen LogP) is 8.62. The van der Waals surface area contributed by atoms with Gasteiger partial charge in [-0.3, -0.25) is 4.79 Å². The molecule has 0 unspecified atom stereocenters. The number of benzene rings is 3. The summed E-state index contributed by atoms with van der Waals surface area (Å²) in [6.07, 6.45) is -3.19. The van der Waals surface area contributed by atoms with Crippen LogP contribution in [-0.2, 0) is 25.9 Å². The van der Waals surface area contributed by atoms with Crippen LogP contribution in [0.3, 0.4) is 0 Å². The monoisotopic (exact) mass is 592 g/mol. The van der Waals surface area contributed by atoms with E-state index < -0.39 is 17.8 Å². The number of aromatic nitrogens is 1. The zero-order valence-corrected chi connectivity index (χ0v) is 24.0. The Morgan fingerprint density at radius 2 is 1.51 bits per heavy atom. The minimum absolute atomic E-state index is 0.0192. The summed E-state index contributed by atoms with van der Waals surface area (Å²) in [5.41, 5.74) is 2.97. The topological polar surface area (TPSA) is 81.9 Å². The first-order valence-corrected chi connectivity index (χ1v) is 14.0. The number of anilines is 2. The smallest absolute Gasteiger partial charge is 0.419 e. The molecule has 0 bridgehead atoms. The number of esters is 1. The lowest BCUT2D eigenvalue weighted by molar-refractivity contribution is -0.143. The van der Waals surface area contributed by atoms with Gasteiger partial charge < -0.3 is 14.0 Å². The minimum atomic E-state index is -4.60. The lowest BCUT2D eigenvalue weighted by Crippen LogP contribution is -2.28. The maximum absolute atomic E-state index is 13.5. The molecule has 1 aliphatic rings. The number of amides is 1. The van der Waals surface area contributed by atoms with Crippen LogP contribution in [0.5, 0.6) is 0 Å². The van der Waals surface area contributed by atoms with Crippen molar-refractivity contribution in [3.8, 4) is 22.5 Å². The highest BCUT2D eigenvalue weighted by molar-refractivity contribution is 6.00. The number of nitrogens with zero attached hydrogens (tertiary/aromatic N) is 2. The fraction of sp³-hybridized carbons (Fsp3) is 0.303. The molecule has 43 heavy (non-hydrogen) atoms. The van der Waals surface area contributed by atoms with E-state index in [9.17, 15) is 22.8 Å². The van der Waals surface area contributed by atoms with E-state index in [1.165, 1.54) is 12.1 Å². The summed E-state index contributed by atoms with van der Waals surface area (Å²) < 4.78 is 56.5. The van der Waals surface area contributed by atoms with Crippen LogP contribution in [0.4, 0.5) is 29.3 Å². The molecule has 0 saturated heterocycles. The summed E-state index contributed by atoms with van der Waals surface area (Å²) in [7, 11) is 0. The fourth-order valence-corrected chi connectivity index (χ4v) is 5.19. The number of ether oxygens (including phenoxy) is 2. The molecule has 1 amide bonds. The van der Waals surface area contributed by atoms with E-state index in [2.05, 4.69) is 5.16 Å². The van der Waals surface area contributed by atoms with Crippen LogP contribution >= 0.6 is 0 Å². The molecular formula is C33H31F3N2O5. The standard InChI is InChI=1S/C33H31F3N2O5/c1-4-41-28(39)20-32(17-18-32)25-15-13-23(14-16-25)22-9-11-24(12-10-22)30-29(21(3)37-43-30)38(31(40)42-5-2)27-8-6-7-26(19-27)33(34,35)36/h6-16,19H,4-5,17-18,20H2,1-3H3. The van der Waals surface area contributed by atoms with E-state index in [4.69, 9.17) is 14.0 Å². The van der Waals surface area contributed by atoms with Crippen molar-refractivity contribution in [2.75, 3.05) is 18.1 Å². The molecule has 1 aliphatic carbocycles. The largest absolute Gasteiger partial charge is 0.466 e. The molecule has 3 aromatic carbocycles. The Kier molecular flexibility index (Phi) is 8.30. The first-order chi connectivity index (χ1) is 20.6. The van der Waals surface area contributed by atoms with Gasteiger partial charge in [0.25, 0.3) is 0 Å². The van der Waals surface area contributed by atoms with Crippen molar-refractivity contribution >= 4 is 23.4 Å². The Bertz CT molecular complexity index is 1610. The van der Waals surface area contributed by atoms with Crippen molar-refractivity contribution in [2.45, 2.75) is 51.6 Å². The van der Waals surface area contributed by atoms with Crippen LogP contribution in [0.15, 0.2) is 77.3 Å². The van der Waals surface area contributed by atoms with Gasteiger partial charge in [-0.2, -0.15) is 13.2 Å². The Hall–Kier alpha value is -4.60. The number of halogens is 3. The zero-order valence-electron chi connectivity index (χ0n) is 24.0. The molecule has 1 saturated carbocycles. The fourth-order valence-electron chi connectivity index (χ4n) is 5.19. The van der Waals surface area contributed by atoms with Gasteiger partial charge in [-0.25, -0.2) is 9.69 Å². The van der Waals surface area contributed by atoms with Crippen molar-refractivity contribution in [3.63, 3.8) is 0 Å². The molecule has 4 aromatic rings. The Morgan fingerprint density at radius 3 is 2.09 bits per heavy atom. The molecule has 1 fully saturated rings. The van der Waals surface area contributed by atoms with Crippen LogP contribution in [0.2, 0.25) is 0 Å². The zero-order chi connectivity index (χ0) is 30.8. The van der Waals surface area contributed by atoms with E-state index in [1.807, 2.05) is 36.4 Å². The number of hydrogen-bond donors (Lipinski definition) is 0. The Labute approximate surface area is 247 Å². The summed E-state index contributed by atoms with van der Waals surface area (Å²) in [5.74, 6) is 0.0239. The van der Waals surface area contributed by atoms with Crippen molar-refractivity contribution in [2.24, 2.45) is 0 Å². The Balaban J connectivity index is 1.44. The molecule has 7 nitrogen and oxygen atoms in total. The highest BCUT2D eigenvalue weighted by Crippen LogP contribution is 2.51. The number of aryl methyl sites for hydroxylation is 1. The molecule has 0 aliphatic heterocycles. The van der Waals surface area contributed by atoms with Crippen LogP contribution < -0.4 is 4.90 Å². The second-order valence-corrected chi connectivity index (χ2v) is 10.4. The number of alkyl halides is 3. The van der Waals surface area contributed by atoms with E-state index in [0.29, 0.717) is 24.3 Å². The minimum Gasteiger partial charge on any atom is -0.466 e. The van der Waals surface area contributed by atoms with Crippen LogP contribution in [0.25, 0.3) is 22.5 Å². The van der Waals surface area contributed by atoms with E-state index in [-0.39, 0.29) is 35.1 Å². The molecule has 1 heterocycles. The normalized spacial score (nSPS) is 13.8. The van der Waals surface area contributed by atoms with Gasteiger partial charge in [-0.15, -0.1) is 0 Å². The van der Waals surface area contributed by atoms with Gasteiger partial charge in [0.15, 0.2) is 5.76 Å². The molecule has 0 N–H and O–H groups in total. The van der Waals surface area contributed by atoms with Gasteiger partial charge in [0.2, 0.25) is 0 Å². The van der Waals surface area contributed by atoms with Crippen molar-refractivity contribution < 1.29 is 36.8 Å². The summed E-state index contributed by atoms with van der Waals surface area (Å²) in [5, 5.41) is 4.02. The van der Waals surface area contributed by atoms with Crippen molar-refractivity contribution in [1.82, 2.24) is 5.16 Å². The summed E-state index contributed by atoms with van der Waals surface area (Å²) in [6.45, 7) is 5.40. The van der Waals surface area contributed by atoms with Gasteiger partial charge in [-0.1, -0.05) is 59.8 Å². The summed E-state index contributed by atoms with van der Waals surface area (Å²) >= 11 is 0. The van der Waals surface area contributed by atoms with Gasteiger partial charge in [0.05, 0.1) is 30.9 Å². The molecule has 1 aromatic heterocycles. The molecule has 10 heteroatoms. The van der Waals surface area contributed by atoms with Gasteiger partial charge in [0.1, 0.15) is 11.4 Å². The predicted molar refractivity (Wildman–Crippen MR) is 155 cm³/mol. The van der Waals surface area contributed by atoms with Gasteiger partial charge >= 0.3 is 18.2 Å².